The molecule has 0 bridgehead atoms. The number of carbonyl (C=O) groups is 2. The van der Waals surface area contributed by atoms with E-state index < -0.39 is 11.9 Å². The van der Waals surface area contributed by atoms with Crippen LogP contribution in [0, 0.1) is 5.92 Å². The summed E-state index contributed by atoms with van der Waals surface area (Å²) >= 11 is 0. The number of ether oxygens (including phenoxy) is 2. The van der Waals surface area contributed by atoms with E-state index in [1.807, 2.05) is 66.7 Å². The minimum atomic E-state index is -0.939. The number of aliphatic carboxylic acids is 1. The summed E-state index contributed by atoms with van der Waals surface area (Å²) in [7, 11) is 0. The highest BCUT2D eigenvalue weighted by Gasteiger charge is 2.09. The molecular formula is C32H36O6. The minimum absolute atomic E-state index is 0.172. The summed E-state index contributed by atoms with van der Waals surface area (Å²) in [6.07, 6.45) is 9.32. The summed E-state index contributed by atoms with van der Waals surface area (Å²) in [6.45, 7) is 1.30. The molecular weight excluding hydrogens is 480 g/mol. The number of hydrogen-bond donors (Lipinski definition) is 2. The van der Waals surface area contributed by atoms with Gasteiger partial charge in [0.2, 0.25) is 0 Å². The first kappa shape index (κ1) is 28.5. The van der Waals surface area contributed by atoms with Crippen LogP contribution < -0.4 is 9.47 Å². The van der Waals surface area contributed by atoms with Gasteiger partial charge in [0.1, 0.15) is 11.5 Å². The van der Waals surface area contributed by atoms with E-state index in [9.17, 15) is 9.59 Å². The summed E-state index contributed by atoms with van der Waals surface area (Å²) in [4.78, 5) is 22.0. The van der Waals surface area contributed by atoms with Crippen molar-refractivity contribution in [3.63, 3.8) is 0 Å². The number of benzene rings is 3. The number of unbranched alkanes of at least 4 members (excludes halogenated alkanes) is 2. The third-order valence-electron chi connectivity index (χ3n) is 6.17. The van der Waals surface area contributed by atoms with Crippen LogP contribution in [-0.2, 0) is 11.2 Å². The van der Waals surface area contributed by atoms with Crippen LogP contribution in [0.5, 0.6) is 11.5 Å². The van der Waals surface area contributed by atoms with E-state index >= 15 is 0 Å². The number of aromatic carboxylic acids is 1. The van der Waals surface area contributed by atoms with E-state index in [0.29, 0.717) is 19.6 Å². The van der Waals surface area contributed by atoms with Crippen LogP contribution in [0.25, 0.3) is 6.08 Å². The Kier molecular flexibility index (Phi) is 11.9. The minimum Gasteiger partial charge on any atom is -0.494 e. The average molecular weight is 517 g/mol. The van der Waals surface area contributed by atoms with Gasteiger partial charge in [0.25, 0.3) is 0 Å². The number of carboxylic acid groups (broad SMARTS) is 2. The molecule has 0 aromatic heterocycles. The zero-order chi connectivity index (χ0) is 27.0. The average Bonchev–Trinajstić information content (AvgIpc) is 2.93. The van der Waals surface area contributed by atoms with Crippen molar-refractivity contribution < 1.29 is 29.3 Å². The molecule has 0 saturated heterocycles. The molecule has 38 heavy (non-hydrogen) atoms. The SMILES string of the molecule is O=C(O)CCCCC(/C=C/c1ccc(OCCCCOc2ccccc2)cc1)Cc1ccc(C(=O)O)cc1. The van der Waals surface area contributed by atoms with Crippen molar-refractivity contribution >= 4 is 18.0 Å². The van der Waals surface area contributed by atoms with Gasteiger partial charge in [0, 0.05) is 6.42 Å². The molecule has 0 spiro atoms. The second-order valence-corrected chi connectivity index (χ2v) is 9.25. The second-order valence-electron chi connectivity index (χ2n) is 9.25. The van der Waals surface area contributed by atoms with Gasteiger partial charge in [-0.25, -0.2) is 4.79 Å². The Balaban J connectivity index is 1.46. The fourth-order valence-electron chi connectivity index (χ4n) is 4.06. The molecule has 3 aromatic carbocycles. The predicted octanol–water partition coefficient (Wildman–Crippen LogP) is 7.14. The van der Waals surface area contributed by atoms with Gasteiger partial charge in [0.05, 0.1) is 18.8 Å². The Labute approximate surface area is 224 Å². The van der Waals surface area contributed by atoms with Crippen molar-refractivity contribution in [2.75, 3.05) is 13.2 Å². The molecule has 0 aliphatic heterocycles. The quantitative estimate of drug-likeness (QED) is 0.185. The molecule has 0 radical (unpaired) electrons. The monoisotopic (exact) mass is 516 g/mol. The van der Waals surface area contributed by atoms with Crippen molar-refractivity contribution in [3.05, 3.63) is 102 Å². The zero-order valence-electron chi connectivity index (χ0n) is 21.6. The maximum absolute atomic E-state index is 11.1. The first-order valence-electron chi connectivity index (χ1n) is 13.1. The number of hydrogen-bond acceptors (Lipinski definition) is 4. The number of para-hydroxylation sites is 1. The highest BCUT2D eigenvalue weighted by Crippen LogP contribution is 2.21. The predicted molar refractivity (Wildman–Crippen MR) is 149 cm³/mol. The normalized spacial score (nSPS) is 11.8. The molecule has 0 aliphatic carbocycles. The molecule has 3 aromatic rings. The lowest BCUT2D eigenvalue weighted by Crippen LogP contribution is -2.04. The maximum atomic E-state index is 11.1. The van der Waals surface area contributed by atoms with E-state index in [4.69, 9.17) is 19.7 Å². The van der Waals surface area contributed by atoms with Crippen molar-refractivity contribution in [1.29, 1.82) is 0 Å². The molecule has 200 valence electrons. The Bertz CT molecular complexity index is 1140. The standard InChI is InChI=1S/C32H36O6/c33-31(34)11-5-4-8-26(24-27-14-18-28(19-15-27)32(35)36)13-12-25-16-20-30(21-17-25)38-23-7-6-22-37-29-9-2-1-3-10-29/h1-3,9-10,12-21,26H,4-8,11,22-24H2,(H,33,34)(H,35,36)/b13-12+. The van der Waals surface area contributed by atoms with E-state index in [0.717, 1.165) is 54.7 Å². The Morgan fingerprint density at radius 1 is 0.737 bits per heavy atom. The van der Waals surface area contributed by atoms with Gasteiger partial charge in [-0.15, -0.1) is 0 Å². The first-order valence-corrected chi connectivity index (χ1v) is 13.1. The summed E-state index contributed by atoms with van der Waals surface area (Å²) < 4.78 is 11.6. The van der Waals surface area contributed by atoms with Crippen LogP contribution in [0.1, 0.15) is 60.0 Å². The lowest BCUT2D eigenvalue weighted by atomic mass is 9.92. The van der Waals surface area contributed by atoms with Gasteiger partial charge in [-0.05, 0) is 85.5 Å². The molecule has 6 heteroatoms. The van der Waals surface area contributed by atoms with Crippen LogP contribution in [0.2, 0.25) is 0 Å². The lowest BCUT2D eigenvalue weighted by Gasteiger charge is -2.13. The Morgan fingerprint density at radius 3 is 1.97 bits per heavy atom. The summed E-state index contributed by atoms with van der Waals surface area (Å²) in [5.74, 6) is 0.217. The first-order chi connectivity index (χ1) is 18.5. The molecule has 0 aliphatic rings. The van der Waals surface area contributed by atoms with Crippen molar-refractivity contribution in [2.24, 2.45) is 5.92 Å². The van der Waals surface area contributed by atoms with Gasteiger partial charge in [-0.2, -0.15) is 0 Å². The molecule has 0 heterocycles. The zero-order valence-corrected chi connectivity index (χ0v) is 21.6. The lowest BCUT2D eigenvalue weighted by molar-refractivity contribution is -0.137. The number of carboxylic acids is 2. The van der Waals surface area contributed by atoms with Crippen molar-refractivity contribution in [1.82, 2.24) is 0 Å². The summed E-state index contributed by atoms with van der Waals surface area (Å²) in [5, 5.41) is 18.0. The Morgan fingerprint density at radius 2 is 1.37 bits per heavy atom. The third kappa shape index (κ3) is 10.9. The highest BCUT2D eigenvalue weighted by molar-refractivity contribution is 5.87. The fraction of sp³-hybridized carbons (Fsp3) is 0.312. The van der Waals surface area contributed by atoms with Gasteiger partial charge in [-0.3, -0.25) is 4.79 Å². The van der Waals surface area contributed by atoms with Crippen LogP contribution in [-0.4, -0.2) is 35.4 Å². The summed E-state index contributed by atoms with van der Waals surface area (Å²) in [6, 6.07) is 24.7. The van der Waals surface area contributed by atoms with E-state index in [2.05, 4.69) is 12.2 Å². The highest BCUT2D eigenvalue weighted by atomic mass is 16.5. The van der Waals surface area contributed by atoms with Crippen LogP contribution in [0.3, 0.4) is 0 Å². The van der Waals surface area contributed by atoms with Crippen LogP contribution >= 0.6 is 0 Å². The number of allylic oxidation sites excluding steroid dienone is 1. The molecule has 1 unspecified atom stereocenters. The molecule has 0 saturated carbocycles. The number of rotatable bonds is 17. The molecule has 0 fully saturated rings. The fourth-order valence-corrected chi connectivity index (χ4v) is 4.06. The van der Waals surface area contributed by atoms with Crippen molar-refractivity contribution in [3.8, 4) is 11.5 Å². The molecule has 6 nitrogen and oxygen atoms in total. The molecule has 2 N–H and O–H groups in total. The smallest absolute Gasteiger partial charge is 0.335 e. The third-order valence-corrected chi connectivity index (χ3v) is 6.17. The molecule has 3 rings (SSSR count). The maximum Gasteiger partial charge on any atom is 0.335 e. The van der Waals surface area contributed by atoms with E-state index in [1.54, 1.807) is 12.1 Å². The van der Waals surface area contributed by atoms with Gasteiger partial charge >= 0.3 is 11.9 Å². The van der Waals surface area contributed by atoms with Gasteiger partial charge in [0.15, 0.2) is 0 Å². The van der Waals surface area contributed by atoms with Crippen LogP contribution in [0.4, 0.5) is 0 Å². The topological polar surface area (TPSA) is 93.1 Å². The van der Waals surface area contributed by atoms with Gasteiger partial charge < -0.3 is 19.7 Å². The second kappa shape index (κ2) is 15.9. The van der Waals surface area contributed by atoms with E-state index in [1.165, 1.54) is 0 Å². The van der Waals surface area contributed by atoms with Crippen LogP contribution in [0.15, 0.2) is 84.9 Å². The Hall–Kier alpha value is -4.06. The molecule has 1 atom stereocenters. The summed E-state index contributed by atoms with van der Waals surface area (Å²) in [5.41, 5.74) is 2.39. The van der Waals surface area contributed by atoms with Gasteiger partial charge in [-0.1, -0.05) is 61.0 Å². The largest absolute Gasteiger partial charge is 0.494 e. The molecule has 0 amide bonds. The van der Waals surface area contributed by atoms with Crippen molar-refractivity contribution in [2.45, 2.75) is 44.9 Å². The van der Waals surface area contributed by atoms with E-state index in [-0.39, 0.29) is 17.9 Å².